The van der Waals surface area contributed by atoms with Crippen LogP contribution >= 0.6 is 7.82 Å². The predicted octanol–water partition coefficient (Wildman–Crippen LogP) is 12.2. The lowest BCUT2D eigenvalue weighted by Crippen LogP contribution is -2.37. The number of aliphatic hydroxyl groups excluding tert-OH is 1. The second-order valence-electron chi connectivity index (χ2n) is 16.6. The SMILES string of the molecule is CCCCC/C=C\C/C=C\CC(O)/C=C\C=C\CCCC(=O)O[C@H](COC(=O)CCCCCCCCC/C=C\CCCCCCCC)COP(=O)(O)OCC[N+](C)(C)C. The molecule has 2 N–H and O–H groups in total. The summed E-state index contributed by atoms with van der Waals surface area (Å²) in [6.07, 6.45) is 44.4. The van der Waals surface area contributed by atoms with E-state index in [0.717, 1.165) is 38.5 Å². The van der Waals surface area contributed by atoms with Gasteiger partial charge in [-0.3, -0.25) is 18.6 Å². The monoisotopic (exact) mass is 853 g/mol. The van der Waals surface area contributed by atoms with E-state index in [2.05, 4.69) is 44.2 Å². The molecule has 0 fully saturated rings. The maximum atomic E-state index is 12.7. The lowest BCUT2D eigenvalue weighted by molar-refractivity contribution is -0.870. The summed E-state index contributed by atoms with van der Waals surface area (Å²) in [6, 6.07) is 0. The zero-order valence-corrected chi connectivity index (χ0v) is 39.0. The van der Waals surface area contributed by atoms with Gasteiger partial charge in [-0.05, 0) is 70.6 Å². The smallest absolute Gasteiger partial charge is 0.462 e. The van der Waals surface area contributed by atoms with Crippen LogP contribution in [0, 0.1) is 0 Å². The molecular weight excluding hydrogens is 766 g/mol. The minimum Gasteiger partial charge on any atom is -0.462 e. The van der Waals surface area contributed by atoms with Crippen LogP contribution in [0.5, 0.6) is 0 Å². The first-order valence-electron chi connectivity index (χ1n) is 23.1. The van der Waals surface area contributed by atoms with Gasteiger partial charge in [0, 0.05) is 12.8 Å². The molecule has 0 aromatic rings. The molecule has 0 spiro atoms. The van der Waals surface area contributed by atoms with E-state index in [1.54, 1.807) is 12.2 Å². The van der Waals surface area contributed by atoms with Crippen molar-refractivity contribution < 1.29 is 47.2 Å². The molecule has 0 aliphatic rings. The van der Waals surface area contributed by atoms with Gasteiger partial charge in [-0.25, -0.2) is 4.57 Å². The van der Waals surface area contributed by atoms with E-state index >= 15 is 0 Å². The van der Waals surface area contributed by atoms with Gasteiger partial charge < -0.3 is 24.0 Å². The Morgan fingerprint density at radius 1 is 0.610 bits per heavy atom. The number of likely N-dealkylation sites (N-methyl/N-ethyl adjacent to an activating group) is 1. The third-order valence-corrected chi connectivity index (χ3v) is 10.6. The van der Waals surface area contributed by atoms with E-state index in [4.69, 9.17) is 18.5 Å². The summed E-state index contributed by atoms with van der Waals surface area (Å²) in [5.41, 5.74) is 0. The molecule has 3 atom stereocenters. The third-order valence-electron chi connectivity index (χ3n) is 9.60. The molecule has 0 saturated heterocycles. The highest BCUT2D eigenvalue weighted by Gasteiger charge is 2.27. The number of hydrogen-bond acceptors (Lipinski definition) is 8. The van der Waals surface area contributed by atoms with Crippen molar-refractivity contribution in [3.8, 4) is 0 Å². The fourth-order valence-corrected chi connectivity index (χ4v) is 6.65. The van der Waals surface area contributed by atoms with Crippen LogP contribution in [-0.2, 0) is 32.7 Å². The summed E-state index contributed by atoms with van der Waals surface area (Å²) >= 11 is 0. The van der Waals surface area contributed by atoms with Gasteiger partial charge >= 0.3 is 19.8 Å². The molecule has 0 rings (SSSR count). The van der Waals surface area contributed by atoms with E-state index < -0.39 is 38.6 Å². The number of phosphoric acid groups is 1. The molecule has 11 heteroatoms. The standard InChI is InChI=1S/C48H86NO9P/c1-6-8-10-12-14-16-17-18-19-20-21-22-23-25-27-31-35-39-47(51)55-43-46(44-57-59(53,54)56-42-41-49(3,4)5)58-48(52)40-36-32-28-30-34-38-45(50)37-33-29-26-24-15-13-11-9-7-2/h15,18-19,24,28-30,33-34,38,45-46,50H,6-14,16-17,20-23,25-27,31-32,35-37,39-44H2,1-5H3/p+1/b19-18-,24-15-,30-28+,33-29-,38-34-/t45?,46-/m1/s1. The molecule has 342 valence electrons. The van der Waals surface area contributed by atoms with Crippen molar-refractivity contribution in [2.45, 2.75) is 187 Å². The number of carbonyl (C=O) groups is 2. The number of phosphoric ester groups is 1. The van der Waals surface area contributed by atoms with Crippen LogP contribution in [0.1, 0.15) is 174 Å². The molecule has 10 nitrogen and oxygen atoms in total. The lowest BCUT2D eigenvalue weighted by atomic mass is 10.1. The summed E-state index contributed by atoms with van der Waals surface area (Å²) < 4.78 is 34.2. The Kier molecular flexibility index (Phi) is 38.2. The van der Waals surface area contributed by atoms with Gasteiger partial charge in [0.15, 0.2) is 6.10 Å². The fraction of sp³-hybridized carbons (Fsp3) is 0.750. The minimum absolute atomic E-state index is 0.00323. The Labute approximate surface area is 360 Å². The van der Waals surface area contributed by atoms with Crippen molar-refractivity contribution in [3.05, 3.63) is 60.8 Å². The second kappa shape index (κ2) is 39.8. The van der Waals surface area contributed by atoms with Crippen molar-refractivity contribution in [3.63, 3.8) is 0 Å². The van der Waals surface area contributed by atoms with Crippen LogP contribution in [0.2, 0.25) is 0 Å². The Morgan fingerprint density at radius 2 is 1.14 bits per heavy atom. The van der Waals surface area contributed by atoms with Crippen molar-refractivity contribution in [2.24, 2.45) is 0 Å². The molecule has 2 unspecified atom stereocenters. The van der Waals surface area contributed by atoms with Crippen LogP contribution in [0.15, 0.2) is 60.8 Å². The van der Waals surface area contributed by atoms with Gasteiger partial charge in [-0.15, -0.1) is 0 Å². The molecule has 0 bridgehead atoms. The predicted molar refractivity (Wildman–Crippen MR) is 244 cm³/mol. The molecule has 0 heterocycles. The Morgan fingerprint density at radius 3 is 1.78 bits per heavy atom. The number of unbranched alkanes of at least 4 members (excludes halogenated alkanes) is 17. The van der Waals surface area contributed by atoms with E-state index in [-0.39, 0.29) is 26.1 Å². The van der Waals surface area contributed by atoms with Crippen molar-refractivity contribution in [1.82, 2.24) is 0 Å². The van der Waals surface area contributed by atoms with Gasteiger partial charge in [0.1, 0.15) is 19.8 Å². The van der Waals surface area contributed by atoms with Crippen LogP contribution in [-0.4, -0.2) is 86.1 Å². The zero-order valence-electron chi connectivity index (χ0n) is 38.1. The summed E-state index contributed by atoms with van der Waals surface area (Å²) in [5, 5.41) is 10.2. The minimum atomic E-state index is -4.42. The quantitative estimate of drug-likeness (QED) is 0.0154. The molecule has 0 aromatic carbocycles. The molecule has 0 aromatic heterocycles. The van der Waals surface area contributed by atoms with Crippen molar-refractivity contribution in [1.29, 1.82) is 0 Å². The Hall–Kier alpha value is -2.33. The van der Waals surface area contributed by atoms with E-state index in [1.807, 2.05) is 39.4 Å². The number of esters is 2. The maximum absolute atomic E-state index is 12.7. The molecular formula is C48H87NO9P+. The number of allylic oxidation sites excluding steroid dienone is 8. The van der Waals surface area contributed by atoms with Gasteiger partial charge in [0.2, 0.25) is 0 Å². The third kappa shape index (κ3) is 43.6. The van der Waals surface area contributed by atoms with E-state index in [9.17, 15) is 24.2 Å². The largest absolute Gasteiger partial charge is 0.472 e. The molecule has 0 amide bonds. The average Bonchev–Trinajstić information content (AvgIpc) is 3.18. The highest BCUT2D eigenvalue weighted by Crippen LogP contribution is 2.43. The van der Waals surface area contributed by atoms with Gasteiger partial charge in [0.05, 0.1) is 33.9 Å². The second-order valence-corrected chi connectivity index (χ2v) is 18.1. The Bertz CT molecular complexity index is 1210. The number of carbonyl (C=O) groups excluding carboxylic acids is 2. The molecule has 0 aliphatic heterocycles. The summed E-state index contributed by atoms with van der Waals surface area (Å²) in [7, 11) is 1.38. The van der Waals surface area contributed by atoms with Crippen molar-refractivity contribution >= 4 is 19.8 Å². The normalized spacial score (nSPS) is 14.6. The number of hydrogen-bond donors (Lipinski definition) is 2. The van der Waals surface area contributed by atoms with Gasteiger partial charge in [0.25, 0.3) is 0 Å². The lowest BCUT2D eigenvalue weighted by Gasteiger charge is -2.24. The molecule has 0 radical (unpaired) electrons. The van der Waals surface area contributed by atoms with Crippen LogP contribution in [0.25, 0.3) is 0 Å². The number of rotatable bonds is 41. The maximum Gasteiger partial charge on any atom is 0.472 e. The summed E-state index contributed by atoms with van der Waals surface area (Å²) in [5.74, 6) is -0.936. The van der Waals surface area contributed by atoms with Gasteiger partial charge in [-0.2, -0.15) is 0 Å². The number of nitrogens with zero attached hydrogens (tertiary/aromatic N) is 1. The molecule has 0 saturated carbocycles. The first-order chi connectivity index (χ1) is 28.4. The van der Waals surface area contributed by atoms with E-state index in [1.165, 1.54) is 83.5 Å². The highest BCUT2D eigenvalue weighted by molar-refractivity contribution is 7.47. The summed E-state index contributed by atoms with van der Waals surface area (Å²) in [4.78, 5) is 35.4. The number of ether oxygens (including phenoxy) is 2. The Balaban J connectivity index is 4.52. The van der Waals surface area contributed by atoms with Crippen LogP contribution < -0.4 is 0 Å². The fourth-order valence-electron chi connectivity index (χ4n) is 5.90. The zero-order chi connectivity index (χ0) is 43.7. The summed E-state index contributed by atoms with van der Waals surface area (Å²) in [6.45, 7) is 4.21. The van der Waals surface area contributed by atoms with Crippen LogP contribution in [0.3, 0.4) is 0 Å². The molecule has 59 heavy (non-hydrogen) atoms. The molecule has 0 aliphatic carbocycles. The highest BCUT2D eigenvalue weighted by atomic mass is 31.2. The topological polar surface area (TPSA) is 129 Å². The van der Waals surface area contributed by atoms with Gasteiger partial charge in [-0.1, -0.05) is 152 Å². The first kappa shape index (κ1) is 56.7. The number of aliphatic hydroxyl groups is 1. The average molecular weight is 853 g/mol. The first-order valence-corrected chi connectivity index (χ1v) is 24.6. The number of quaternary nitrogens is 1. The van der Waals surface area contributed by atoms with Crippen LogP contribution in [0.4, 0.5) is 0 Å². The van der Waals surface area contributed by atoms with Crippen molar-refractivity contribution in [2.75, 3.05) is 47.5 Å². The van der Waals surface area contributed by atoms with E-state index in [0.29, 0.717) is 36.7 Å².